The van der Waals surface area contributed by atoms with E-state index in [9.17, 15) is 9.59 Å². The molecule has 0 aromatic heterocycles. The van der Waals surface area contributed by atoms with E-state index in [2.05, 4.69) is 10.6 Å². The van der Waals surface area contributed by atoms with E-state index in [1.165, 1.54) is 0 Å². The quantitative estimate of drug-likeness (QED) is 0.622. The molecule has 1 aliphatic heterocycles. The Labute approximate surface area is 182 Å². The topological polar surface area (TPSA) is 67.4 Å². The summed E-state index contributed by atoms with van der Waals surface area (Å²) in [7, 11) is 0. The number of nitrogens with one attached hydrogen (secondary N) is 2. The van der Waals surface area contributed by atoms with E-state index in [1.807, 2.05) is 61.5 Å². The maximum Gasteiger partial charge on any atom is 0.255 e. The van der Waals surface area contributed by atoms with Crippen molar-refractivity contribution in [1.82, 2.24) is 0 Å². The Hall–Kier alpha value is -3.44. The molecule has 4 rings (SSSR count). The lowest BCUT2D eigenvalue weighted by atomic mass is 9.73. The Morgan fingerprint density at radius 1 is 0.774 bits per heavy atom. The molecule has 0 saturated carbocycles. The molecule has 5 heteroatoms. The van der Waals surface area contributed by atoms with Crippen LogP contribution in [-0.2, 0) is 14.9 Å². The monoisotopic (exact) mass is 414 g/mol. The van der Waals surface area contributed by atoms with E-state index in [0.717, 1.165) is 16.8 Å². The second kappa shape index (κ2) is 9.14. The van der Waals surface area contributed by atoms with Crippen LogP contribution < -0.4 is 10.6 Å². The Kier molecular flexibility index (Phi) is 6.14. The third-order valence-corrected chi connectivity index (χ3v) is 5.82. The van der Waals surface area contributed by atoms with Crippen LogP contribution in [0.4, 0.5) is 11.4 Å². The van der Waals surface area contributed by atoms with Crippen LogP contribution >= 0.6 is 0 Å². The summed E-state index contributed by atoms with van der Waals surface area (Å²) in [6.45, 7) is 3.11. The molecule has 3 aromatic carbocycles. The highest BCUT2D eigenvalue weighted by Crippen LogP contribution is 2.36. The van der Waals surface area contributed by atoms with Crippen LogP contribution in [0.25, 0.3) is 0 Å². The van der Waals surface area contributed by atoms with Gasteiger partial charge < -0.3 is 15.4 Å². The highest BCUT2D eigenvalue weighted by atomic mass is 16.5. The number of amides is 2. The first kappa shape index (κ1) is 20.8. The molecule has 0 radical (unpaired) electrons. The first-order chi connectivity index (χ1) is 15.1. The molecule has 0 atom stereocenters. The van der Waals surface area contributed by atoms with Gasteiger partial charge in [-0.05, 0) is 61.7 Å². The van der Waals surface area contributed by atoms with E-state index in [0.29, 0.717) is 37.3 Å². The van der Waals surface area contributed by atoms with Crippen LogP contribution in [0.15, 0.2) is 78.9 Å². The summed E-state index contributed by atoms with van der Waals surface area (Å²) in [4.78, 5) is 25.8. The highest BCUT2D eigenvalue weighted by molar-refractivity contribution is 6.05. The van der Waals surface area contributed by atoms with Gasteiger partial charge in [0.25, 0.3) is 5.91 Å². The molecule has 1 heterocycles. The van der Waals surface area contributed by atoms with Gasteiger partial charge in [-0.2, -0.15) is 0 Å². The smallest absolute Gasteiger partial charge is 0.255 e. The SMILES string of the molecule is Cc1ccc(NC(=O)c2ccc(NC(=O)C3(c4ccccc4)CCOCC3)cc2)cc1. The average Bonchev–Trinajstić information content (AvgIpc) is 2.82. The molecule has 158 valence electrons. The highest BCUT2D eigenvalue weighted by Gasteiger charge is 2.41. The summed E-state index contributed by atoms with van der Waals surface area (Å²) in [5.74, 6) is -0.231. The van der Waals surface area contributed by atoms with Crippen molar-refractivity contribution in [2.75, 3.05) is 23.8 Å². The summed E-state index contributed by atoms with van der Waals surface area (Å²) < 4.78 is 5.52. The van der Waals surface area contributed by atoms with Gasteiger partial charge in [0.15, 0.2) is 0 Å². The van der Waals surface area contributed by atoms with Gasteiger partial charge in [0.1, 0.15) is 0 Å². The van der Waals surface area contributed by atoms with Crippen molar-refractivity contribution in [1.29, 1.82) is 0 Å². The Balaban J connectivity index is 1.47. The molecule has 1 aliphatic rings. The zero-order valence-electron chi connectivity index (χ0n) is 17.6. The van der Waals surface area contributed by atoms with E-state index in [4.69, 9.17) is 4.74 Å². The number of ether oxygens (including phenoxy) is 1. The molecular formula is C26H26N2O3. The largest absolute Gasteiger partial charge is 0.381 e. The van der Waals surface area contributed by atoms with Crippen molar-refractivity contribution in [3.8, 4) is 0 Å². The zero-order chi connectivity index (χ0) is 21.7. The third kappa shape index (κ3) is 4.67. The fourth-order valence-electron chi connectivity index (χ4n) is 3.92. The van der Waals surface area contributed by atoms with Crippen molar-refractivity contribution < 1.29 is 14.3 Å². The van der Waals surface area contributed by atoms with Crippen LogP contribution in [0.3, 0.4) is 0 Å². The number of hydrogen-bond donors (Lipinski definition) is 2. The summed E-state index contributed by atoms with van der Waals surface area (Å²) >= 11 is 0. The number of benzene rings is 3. The maximum atomic E-state index is 13.3. The van der Waals surface area contributed by atoms with Crippen molar-refractivity contribution in [2.45, 2.75) is 25.2 Å². The number of carbonyl (C=O) groups excluding carboxylic acids is 2. The summed E-state index contributed by atoms with van der Waals surface area (Å²) in [6.07, 6.45) is 1.28. The second-order valence-corrected chi connectivity index (χ2v) is 7.91. The lowest BCUT2D eigenvalue weighted by Gasteiger charge is -2.36. The fourth-order valence-corrected chi connectivity index (χ4v) is 3.92. The van der Waals surface area contributed by atoms with Gasteiger partial charge in [0.2, 0.25) is 5.91 Å². The molecule has 0 bridgehead atoms. The first-order valence-corrected chi connectivity index (χ1v) is 10.5. The normalized spacial score (nSPS) is 15.1. The minimum absolute atomic E-state index is 0.0427. The number of carbonyl (C=O) groups is 2. The lowest BCUT2D eigenvalue weighted by molar-refractivity contribution is -0.125. The summed E-state index contributed by atoms with van der Waals surface area (Å²) in [6, 6.07) is 24.5. The van der Waals surface area contributed by atoms with Crippen LogP contribution in [0.2, 0.25) is 0 Å². The molecule has 31 heavy (non-hydrogen) atoms. The predicted octanol–water partition coefficient (Wildman–Crippen LogP) is 4.93. The number of aryl methyl sites for hydroxylation is 1. The number of hydrogen-bond acceptors (Lipinski definition) is 3. The molecule has 1 saturated heterocycles. The predicted molar refractivity (Wildman–Crippen MR) is 122 cm³/mol. The third-order valence-electron chi connectivity index (χ3n) is 5.82. The van der Waals surface area contributed by atoms with Gasteiger partial charge in [-0.3, -0.25) is 9.59 Å². The summed E-state index contributed by atoms with van der Waals surface area (Å²) in [5, 5.41) is 5.93. The molecule has 3 aromatic rings. The van der Waals surface area contributed by atoms with Gasteiger partial charge in [-0.15, -0.1) is 0 Å². The standard InChI is InChI=1S/C26H26N2O3/c1-19-7-11-22(12-8-19)27-24(29)20-9-13-23(14-10-20)28-25(30)26(15-17-31-18-16-26)21-5-3-2-4-6-21/h2-14H,15-18H2,1H3,(H,27,29)(H,28,30). The van der Waals surface area contributed by atoms with E-state index >= 15 is 0 Å². The molecule has 0 aliphatic carbocycles. The Morgan fingerprint density at radius 3 is 2.00 bits per heavy atom. The second-order valence-electron chi connectivity index (χ2n) is 7.91. The van der Waals surface area contributed by atoms with Crippen molar-refractivity contribution in [3.05, 3.63) is 95.6 Å². The van der Waals surface area contributed by atoms with Gasteiger partial charge in [-0.1, -0.05) is 48.0 Å². The molecule has 5 nitrogen and oxygen atoms in total. The first-order valence-electron chi connectivity index (χ1n) is 10.5. The molecule has 0 unspecified atom stereocenters. The van der Waals surface area contributed by atoms with Crippen LogP contribution in [0, 0.1) is 6.92 Å². The van der Waals surface area contributed by atoms with Crippen LogP contribution in [-0.4, -0.2) is 25.0 Å². The van der Waals surface area contributed by atoms with Crippen LogP contribution in [0.1, 0.15) is 34.3 Å². The van der Waals surface area contributed by atoms with Crippen molar-refractivity contribution >= 4 is 23.2 Å². The maximum absolute atomic E-state index is 13.3. The Bertz CT molecular complexity index is 1040. The zero-order valence-corrected chi connectivity index (χ0v) is 17.6. The summed E-state index contributed by atoms with van der Waals surface area (Å²) in [5.41, 5.74) is 3.47. The number of anilines is 2. The minimum atomic E-state index is -0.610. The Morgan fingerprint density at radius 2 is 1.35 bits per heavy atom. The van der Waals surface area contributed by atoms with Crippen LogP contribution in [0.5, 0.6) is 0 Å². The van der Waals surface area contributed by atoms with Gasteiger partial charge in [0.05, 0.1) is 5.41 Å². The number of rotatable bonds is 5. The van der Waals surface area contributed by atoms with E-state index in [1.54, 1.807) is 24.3 Å². The molecule has 0 spiro atoms. The van der Waals surface area contributed by atoms with Gasteiger partial charge >= 0.3 is 0 Å². The van der Waals surface area contributed by atoms with E-state index in [-0.39, 0.29) is 11.8 Å². The molecule has 1 fully saturated rings. The van der Waals surface area contributed by atoms with Gasteiger partial charge in [0, 0.05) is 30.2 Å². The molecule has 2 amide bonds. The fraction of sp³-hybridized carbons (Fsp3) is 0.231. The average molecular weight is 415 g/mol. The van der Waals surface area contributed by atoms with Crippen molar-refractivity contribution in [2.24, 2.45) is 0 Å². The molecule has 2 N–H and O–H groups in total. The van der Waals surface area contributed by atoms with Crippen molar-refractivity contribution in [3.63, 3.8) is 0 Å². The van der Waals surface area contributed by atoms with Gasteiger partial charge in [-0.25, -0.2) is 0 Å². The van der Waals surface area contributed by atoms with E-state index < -0.39 is 5.41 Å². The lowest BCUT2D eigenvalue weighted by Crippen LogP contribution is -2.44. The molecular weight excluding hydrogens is 388 g/mol. The minimum Gasteiger partial charge on any atom is -0.381 e.